The summed E-state index contributed by atoms with van der Waals surface area (Å²) in [4.78, 5) is 37.8. The molecule has 1 aromatic heterocycles. The molecule has 1 heterocycles. The number of fused-ring (bicyclic) bond motifs is 4. The van der Waals surface area contributed by atoms with E-state index in [1.54, 1.807) is 6.07 Å². The molecule has 37 heavy (non-hydrogen) atoms. The number of rotatable bonds is 5. The van der Waals surface area contributed by atoms with E-state index >= 15 is 0 Å². The lowest BCUT2D eigenvalue weighted by molar-refractivity contribution is 0.0918. The lowest BCUT2D eigenvalue weighted by Crippen LogP contribution is -2.40. The molecule has 1 saturated carbocycles. The molecule has 0 spiro atoms. The smallest absolute Gasteiger partial charge is 0.252 e. The van der Waals surface area contributed by atoms with Crippen molar-refractivity contribution in [2.24, 2.45) is 0 Å². The molecule has 6 rings (SSSR count). The first kappa shape index (κ1) is 23.2. The summed E-state index contributed by atoms with van der Waals surface area (Å²) in [6.07, 6.45) is 3.49. The third-order valence-electron chi connectivity index (χ3n) is 7.40. The molecular formula is C30H29N5O2. The van der Waals surface area contributed by atoms with Gasteiger partial charge in [-0.25, -0.2) is 4.98 Å². The lowest BCUT2D eigenvalue weighted by Gasteiger charge is -2.30. The van der Waals surface area contributed by atoms with Crippen LogP contribution in [-0.2, 0) is 0 Å². The van der Waals surface area contributed by atoms with Gasteiger partial charge in [0.15, 0.2) is 5.78 Å². The zero-order valence-electron chi connectivity index (χ0n) is 21.0. The number of aromatic nitrogens is 2. The Morgan fingerprint density at radius 2 is 1.49 bits per heavy atom. The molecule has 0 saturated heterocycles. The normalized spacial score (nSPS) is 18.3. The fourth-order valence-corrected chi connectivity index (χ4v) is 5.55. The monoisotopic (exact) mass is 491 g/mol. The summed E-state index contributed by atoms with van der Waals surface area (Å²) in [5.74, 6) is 1.27. The minimum Gasteiger partial charge on any atom is -0.362 e. The van der Waals surface area contributed by atoms with Gasteiger partial charge in [0.1, 0.15) is 5.82 Å². The van der Waals surface area contributed by atoms with Crippen LogP contribution in [0.3, 0.4) is 0 Å². The SMILES string of the molecule is CN(C)c1nc(N[C@H]2CC[C@@H](NC(=O)c3cccc4c3C(=O)c3ccccc3-4)CC2)nc2ccccc12. The van der Waals surface area contributed by atoms with E-state index in [1.807, 2.05) is 79.7 Å². The third kappa shape index (κ3) is 4.20. The number of anilines is 2. The number of ketones is 1. The Hall–Kier alpha value is -4.26. The molecular weight excluding hydrogens is 462 g/mol. The van der Waals surface area contributed by atoms with Crippen LogP contribution in [0, 0.1) is 0 Å². The molecule has 7 nitrogen and oxygen atoms in total. The quantitative estimate of drug-likeness (QED) is 0.357. The highest BCUT2D eigenvalue weighted by Crippen LogP contribution is 2.38. The first-order valence-electron chi connectivity index (χ1n) is 12.8. The standard InChI is InChI=1S/C30H29N5O2/c1-35(2)28-23-10-5-6-13-25(23)33-30(34-28)32-19-16-14-18(15-17-19)31-29(37)24-12-7-11-21-20-8-3-4-9-22(20)27(36)26(21)24/h3-13,18-19H,14-17H2,1-2H3,(H,31,37)(H,32,33,34)/t18-,19+. The van der Waals surface area contributed by atoms with Crippen molar-refractivity contribution in [3.05, 3.63) is 83.4 Å². The number of carbonyl (C=O) groups excluding carboxylic acids is 2. The van der Waals surface area contributed by atoms with Crippen molar-refractivity contribution in [1.82, 2.24) is 15.3 Å². The van der Waals surface area contributed by atoms with Gasteiger partial charge in [0, 0.05) is 42.7 Å². The summed E-state index contributed by atoms with van der Waals surface area (Å²) in [7, 11) is 3.97. The number of amides is 1. The largest absolute Gasteiger partial charge is 0.362 e. The minimum absolute atomic E-state index is 0.0649. The number of nitrogens with one attached hydrogen (secondary N) is 2. The lowest BCUT2D eigenvalue weighted by atomic mass is 9.90. The molecule has 186 valence electrons. The second-order valence-corrected chi connectivity index (χ2v) is 10.1. The third-order valence-corrected chi connectivity index (χ3v) is 7.40. The van der Waals surface area contributed by atoms with Crippen LogP contribution in [-0.4, -0.2) is 47.8 Å². The number of hydrogen-bond donors (Lipinski definition) is 2. The predicted molar refractivity (Wildman–Crippen MR) is 146 cm³/mol. The zero-order chi connectivity index (χ0) is 25.5. The number of hydrogen-bond acceptors (Lipinski definition) is 6. The molecule has 0 unspecified atom stereocenters. The van der Waals surface area contributed by atoms with Crippen molar-refractivity contribution in [1.29, 1.82) is 0 Å². The van der Waals surface area contributed by atoms with Crippen molar-refractivity contribution in [2.45, 2.75) is 37.8 Å². The van der Waals surface area contributed by atoms with E-state index in [-0.39, 0.29) is 23.8 Å². The molecule has 7 heteroatoms. The highest BCUT2D eigenvalue weighted by Gasteiger charge is 2.32. The molecule has 2 aliphatic carbocycles. The highest BCUT2D eigenvalue weighted by molar-refractivity contribution is 6.25. The van der Waals surface area contributed by atoms with E-state index in [0.717, 1.165) is 53.5 Å². The zero-order valence-corrected chi connectivity index (χ0v) is 21.0. The van der Waals surface area contributed by atoms with Crippen LogP contribution in [0.1, 0.15) is 52.0 Å². The first-order chi connectivity index (χ1) is 18.0. The second kappa shape index (κ2) is 9.32. The summed E-state index contributed by atoms with van der Waals surface area (Å²) >= 11 is 0. The molecule has 3 aromatic carbocycles. The summed E-state index contributed by atoms with van der Waals surface area (Å²) < 4.78 is 0. The molecule has 1 fully saturated rings. The minimum atomic E-state index is -0.178. The van der Waals surface area contributed by atoms with Crippen molar-refractivity contribution < 1.29 is 9.59 Å². The van der Waals surface area contributed by atoms with Crippen molar-refractivity contribution in [3.63, 3.8) is 0 Å². The maximum Gasteiger partial charge on any atom is 0.252 e. The number of carbonyl (C=O) groups is 2. The van der Waals surface area contributed by atoms with Gasteiger partial charge in [-0.1, -0.05) is 48.5 Å². The molecule has 4 aromatic rings. The van der Waals surface area contributed by atoms with Crippen LogP contribution in [0.5, 0.6) is 0 Å². The van der Waals surface area contributed by atoms with E-state index < -0.39 is 0 Å². The average molecular weight is 492 g/mol. The van der Waals surface area contributed by atoms with Crippen molar-refractivity contribution >= 4 is 34.4 Å². The maximum absolute atomic E-state index is 13.3. The Morgan fingerprint density at radius 3 is 2.27 bits per heavy atom. The van der Waals surface area contributed by atoms with Crippen LogP contribution < -0.4 is 15.5 Å². The average Bonchev–Trinajstić information content (AvgIpc) is 3.21. The molecule has 0 bridgehead atoms. The summed E-state index contributed by atoms with van der Waals surface area (Å²) in [6.45, 7) is 0. The Kier molecular flexibility index (Phi) is 5.83. The molecule has 0 aliphatic heterocycles. The number of benzene rings is 3. The van der Waals surface area contributed by atoms with Gasteiger partial charge >= 0.3 is 0 Å². The van der Waals surface area contributed by atoms with E-state index in [9.17, 15) is 9.59 Å². The predicted octanol–water partition coefficient (Wildman–Crippen LogP) is 5.06. The number of nitrogens with zero attached hydrogens (tertiary/aromatic N) is 3. The van der Waals surface area contributed by atoms with Gasteiger partial charge < -0.3 is 15.5 Å². The van der Waals surface area contributed by atoms with E-state index in [4.69, 9.17) is 9.97 Å². The topological polar surface area (TPSA) is 87.2 Å². The van der Waals surface area contributed by atoms with Gasteiger partial charge in [-0.2, -0.15) is 4.98 Å². The van der Waals surface area contributed by atoms with Crippen molar-refractivity contribution in [2.75, 3.05) is 24.3 Å². The molecule has 2 aliphatic rings. The first-order valence-corrected chi connectivity index (χ1v) is 12.8. The Labute approximate surface area is 215 Å². The van der Waals surface area contributed by atoms with Crippen LogP contribution >= 0.6 is 0 Å². The highest BCUT2D eigenvalue weighted by atomic mass is 16.2. The molecule has 1 amide bonds. The van der Waals surface area contributed by atoms with Gasteiger partial charge in [-0.15, -0.1) is 0 Å². The van der Waals surface area contributed by atoms with Gasteiger partial charge in [0.05, 0.1) is 11.1 Å². The summed E-state index contributed by atoms with van der Waals surface area (Å²) in [5.41, 5.74) is 4.29. The summed E-state index contributed by atoms with van der Waals surface area (Å²) in [5, 5.41) is 7.73. The van der Waals surface area contributed by atoms with Gasteiger partial charge in [0.2, 0.25) is 5.95 Å². The Balaban J connectivity index is 1.12. The van der Waals surface area contributed by atoms with Crippen LogP contribution in [0.25, 0.3) is 22.0 Å². The summed E-state index contributed by atoms with van der Waals surface area (Å²) in [6, 6.07) is 21.4. The Morgan fingerprint density at radius 1 is 0.811 bits per heavy atom. The van der Waals surface area contributed by atoms with Crippen LogP contribution in [0.4, 0.5) is 11.8 Å². The Bertz CT molecular complexity index is 1520. The van der Waals surface area contributed by atoms with Crippen LogP contribution in [0.15, 0.2) is 66.7 Å². The van der Waals surface area contributed by atoms with E-state index in [0.29, 0.717) is 22.6 Å². The fourth-order valence-electron chi connectivity index (χ4n) is 5.55. The van der Waals surface area contributed by atoms with Crippen molar-refractivity contribution in [3.8, 4) is 11.1 Å². The van der Waals surface area contributed by atoms with Gasteiger partial charge in [-0.3, -0.25) is 9.59 Å². The second-order valence-electron chi connectivity index (χ2n) is 10.1. The maximum atomic E-state index is 13.3. The van der Waals surface area contributed by atoms with Crippen LogP contribution in [0.2, 0.25) is 0 Å². The molecule has 0 atom stereocenters. The molecule has 0 radical (unpaired) electrons. The number of para-hydroxylation sites is 1. The molecule has 2 N–H and O–H groups in total. The van der Waals surface area contributed by atoms with Gasteiger partial charge in [-0.05, 0) is 55.0 Å². The van der Waals surface area contributed by atoms with E-state index in [2.05, 4.69) is 10.6 Å². The van der Waals surface area contributed by atoms with Gasteiger partial charge in [0.25, 0.3) is 5.91 Å². The van der Waals surface area contributed by atoms with E-state index in [1.165, 1.54) is 0 Å². The fraction of sp³-hybridized carbons (Fsp3) is 0.267.